The van der Waals surface area contributed by atoms with Gasteiger partial charge in [-0.3, -0.25) is 0 Å². The SMILES string of the molecule is Fc1cc(Br)ccc1OCC1(CBr)CC1. The van der Waals surface area contributed by atoms with Crippen molar-refractivity contribution in [2.45, 2.75) is 12.8 Å². The summed E-state index contributed by atoms with van der Waals surface area (Å²) < 4.78 is 19.6. The van der Waals surface area contributed by atoms with Crippen LogP contribution in [0.1, 0.15) is 12.8 Å². The highest BCUT2D eigenvalue weighted by atomic mass is 79.9. The van der Waals surface area contributed by atoms with E-state index < -0.39 is 0 Å². The predicted octanol–water partition coefficient (Wildman–Crippen LogP) is 4.14. The molecule has 1 fully saturated rings. The standard InChI is InChI=1S/C11H11Br2FO/c12-6-11(3-4-11)7-15-10-2-1-8(13)5-9(10)14/h1-2,5H,3-4,6-7H2. The molecule has 1 aliphatic rings. The molecule has 0 spiro atoms. The third-order valence-corrected chi connectivity index (χ3v) is 4.35. The Bertz CT molecular complexity index is 364. The average Bonchev–Trinajstić information content (AvgIpc) is 2.97. The Morgan fingerprint density at radius 2 is 2.13 bits per heavy atom. The summed E-state index contributed by atoms with van der Waals surface area (Å²) in [4.78, 5) is 0. The van der Waals surface area contributed by atoms with Crippen molar-refractivity contribution in [2.24, 2.45) is 5.41 Å². The zero-order valence-corrected chi connectivity index (χ0v) is 11.3. The third kappa shape index (κ3) is 2.72. The molecule has 0 amide bonds. The maximum atomic E-state index is 13.4. The van der Waals surface area contributed by atoms with Gasteiger partial charge in [0.25, 0.3) is 0 Å². The van der Waals surface area contributed by atoms with Gasteiger partial charge in [-0.05, 0) is 31.0 Å². The Morgan fingerprint density at radius 3 is 2.67 bits per heavy atom. The molecular weight excluding hydrogens is 327 g/mol. The first-order valence-corrected chi connectivity index (χ1v) is 6.70. The van der Waals surface area contributed by atoms with Gasteiger partial charge >= 0.3 is 0 Å². The summed E-state index contributed by atoms with van der Waals surface area (Å²) in [5.41, 5.74) is 0.250. The molecule has 1 aromatic carbocycles. The molecule has 4 heteroatoms. The molecule has 0 saturated heterocycles. The summed E-state index contributed by atoms with van der Waals surface area (Å²) in [5, 5.41) is 0.929. The fourth-order valence-corrected chi connectivity index (χ4v) is 2.37. The van der Waals surface area contributed by atoms with Crippen molar-refractivity contribution in [1.29, 1.82) is 0 Å². The number of alkyl halides is 1. The molecule has 0 aliphatic heterocycles. The lowest BCUT2D eigenvalue weighted by atomic mass is 10.2. The van der Waals surface area contributed by atoms with Crippen molar-refractivity contribution >= 4 is 31.9 Å². The van der Waals surface area contributed by atoms with E-state index in [9.17, 15) is 4.39 Å². The fourth-order valence-electron chi connectivity index (χ4n) is 1.32. The second-order valence-electron chi connectivity index (χ2n) is 4.00. The number of benzene rings is 1. The van der Waals surface area contributed by atoms with Crippen LogP contribution < -0.4 is 4.74 Å². The number of hydrogen-bond acceptors (Lipinski definition) is 1. The lowest BCUT2D eigenvalue weighted by molar-refractivity contribution is 0.241. The highest BCUT2D eigenvalue weighted by Gasteiger charge is 2.42. The van der Waals surface area contributed by atoms with E-state index >= 15 is 0 Å². The number of ether oxygens (including phenoxy) is 1. The first-order valence-electron chi connectivity index (χ1n) is 4.79. The lowest BCUT2D eigenvalue weighted by Gasteiger charge is -2.13. The van der Waals surface area contributed by atoms with Crippen LogP contribution in [0.5, 0.6) is 5.75 Å². The van der Waals surface area contributed by atoms with Crippen molar-refractivity contribution < 1.29 is 9.13 Å². The first kappa shape index (κ1) is 11.4. The smallest absolute Gasteiger partial charge is 0.166 e. The van der Waals surface area contributed by atoms with Gasteiger partial charge < -0.3 is 4.74 Å². The van der Waals surface area contributed by atoms with E-state index in [0.717, 1.165) is 22.6 Å². The van der Waals surface area contributed by atoms with Gasteiger partial charge in [0.15, 0.2) is 11.6 Å². The fraction of sp³-hybridized carbons (Fsp3) is 0.455. The first-order chi connectivity index (χ1) is 7.15. The van der Waals surface area contributed by atoms with Gasteiger partial charge in [0.1, 0.15) is 0 Å². The van der Waals surface area contributed by atoms with E-state index in [1.807, 2.05) is 0 Å². The molecule has 0 heterocycles. The second-order valence-corrected chi connectivity index (χ2v) is 5.47. The van der Waals surface area contributed by atoms with Crippen LogP contribution >= 0.6 is 31.9 Å². The van der Waals surface area contributed by atoms with Gasteiger partial charge in [0, 0.05) is 15.2 Å². The Balaban J connectivity index is 1.99. The molecule has 1 aliphatic carbocycles. The van der Waals surface area contributed by atoms with E-state index in [4.69, 9.17) is 4.74 Å². The quantitative estimate of drug-likeness (QED) is 0.750. The Hall–Kier alpha value is -0.0900. The number of hydrogen-bond donors (Lipinski definition) is 0. The van der Waals surface area contributed by atoms with E-state index in [1.165, 1.54) is 6.07 Å². The average molecular weight is 338 g/mol. The molecule has 1 saturated carbocycles. The zero-order chi connectivity index (χ0) is 10.9. The minimum atomic E-state index is -0.310. The van der Waals surface area contributed by atoms with Crippen LogP contribution in [0.3, 0.4) is 0 Å². The van der Waals surface area contributed by atoms with Crippen molar-refractivity contribution in [2.75, 3.05) is 11.9 Å². The molecule has 15 heavy (non-hydrogen) atoms. The van der Waals surface area contributed by atoms with Gasteiger partial charge in [0.2, 0.25) is 0 Å². The van der Waals surface area contributed by atoms with Crippen molar-refractivity contribution in [3.05, 3.63) is 28.5 Å². The van der Waals surface area contributed by atoms with Crippen LogP contribution in [0.4, 0.5) is 4.39 Å². The zero-order valence-electron chi connectivity index (χ0n) is 8.10. The van der Waals surface area contributed by atoms with Crippen LogP contribution in [0.15, 0.2) is 22.7 Å². The van der Waals surface area contributed by atoms with Gasteiger partial charge in [-0.2, -0.15) is 0 Å². The van der Waals surface area contributed by atoms with Crippen molar-refractivity contribution in [3.63, 3.8) is 0 Å². The minimum Gasteiger partial charge on any atom is -0.490 e. The molecule has 1 aromatic rings. The van der Waals surface area contributed by atoms with E-state index in [2.05, 4.69) is 31.9 Å². The van der Waals surface area contributed by atoms with Crippen molar-refractivity contribution in [1.82, 2.24) is 0 Å². The number of rotatable bonds is 4. The highest BCUT2D eigenvalue weighted by Crippen LogP contribution is 2.47. The van der Waals surface area contributed by atoms with Gasteiger partial charge in [-0.1, -0.05) is 31.9 Å². The number of halogens is 3. The lowest BCUT2D eigenvalue weighted by Crippen LogP contribution is -2.14. The molecule has 0 atom stereocenters. The summed E-state index contributed by atoms with van der Waals surface area (Å²) in [6, 6.07) is 4.86. The summed E-state index contributed by atoms with van der Waals surface area (Å²) in [6.45, 7) is 0.594. The van der Waals surface area contributed by atoms with Gasteiger partial charge in [-0.15, -0.1) is 0 Å². The van der Waals surface area contributed by atoms with E-state index in [0.29, 0.717) is 12.4 Å². The van der Waals surface area contributed by atoms with Gasteiger partial charge in [0.05, 0.1) is 6.61 Å². The molecule has 0 bridgehead atoms. The van der Waals surface area contributed by atoms with Crippen LogP contribution in [-0.4, -0.2) is 11.9 Å². The summed E-state index contributed by atoms with van der Waals surface area (Å²) in [5.74, 6) is 0.0279. The molecule has 1 nitrogen and oxygen atoms in total. The largest absolute Gasteiger partial charge is 0.490 e. The molecule has 0 unspecified atom stereocenters. The third-order valence-electron chi connectivity index (χ3n) is 2.67. The normalized spacial score (nSPS) is 17.5. The summed E-state index contributed by atoms with van der Waals surface area (Å²) in [7, 11) is 0. The van der Waals surface area contributed by atoms with Crippen LogP contribution in [0, 0.1) is 11.2 Å². The van der Waals surface area contributed by atoms with E-state index in [1.54, 1.807) is 12.1 Å². The molecule has 0 N–H and O–H groups in total. The van der Waals surface area contributed by atoms with Crippen LogP contribution in [-0.2, 0) is 0 Å². The molecule has 2 rings (SSSR count). The molecule has 0 radical (unpaired) electrons. The molecular formula is C11H11Br2FO. The topological polar surface area (TPSA) is 9.23 Å². The summed E-state index contributed by atoms with van der Waals surface area (Å²) >= 11 is 6.67. The Labute approximate surface area is 105 Å². The second kappa shape index (κ2) is 4.42. The van der Waals surface area contributed by atoms with Gasteiger partial charge in [-0.25, -0.2) is 4.39 Å². The highest BCUT2D eigenvalue weighted by molar-refractivity contribution is 9.10. The summed E-state index contributed by atoms with van der Waals surface area (Å²) in [6.07, 6.45) is 2.33. The van der Waals surface area contributed by atoms with Crippen LogP contribution in [0.25, 0.3) is 0 Å². The monoisotopic (exact) mass is 336 g/mol. The predicted molar refractivity (Wildman–Crippen MR) is 65.1 cm³/mol. The molecule has 0 aromatic heterocycles. The Kier molecular flexibility index (Phi) is 3.36. The minimum absolute atomic E-state index is 0.250. The van der Waals surface area contributed by atoms with Crippen molar-refractivity contribution in [3.8, 4) is 5.75 Å². The maximum Gasteiger partial charge on any atom is 0.166 e. The van der Waals surface area contributed by atoms with Crippen LogP contribution in [0.2, 0.25) is 0 Å². The molecule has 82 valence electrons. The maximum absolute atomic E-state index is 13.4. The van der Waals surface area contributed by atoms with E-state index in [-0.39, 0.29) is 11.2 Å². The Morgan fingerprint density at radius 1 is 1.40 bits per heavy atom.